The van der Waals surface area contributed by atoms with Crippen LogP contribution in [-0.4, -0.2) is 11.8 Å². The van der Waals surface area contributed by atoms with E-state index in [9.17, 15) is 9.59 Å². The van der Waals surface area contributed by atoms with Crippen LogP contribution in [0, 0.1) is 0 Å². The third-order valence-electron chi connectivity index (χ3n) is 4.00. The topological polar surface area (TPSA) is 58.2 Å². The Morgan fingerprint density at radius 2 is 1.67 bits per heavy atom. The molecule has 3 rings (SSSR count). The number of thiophene rings is 1. The van der Waals surface area contributed by atoms with Crippen LogP contribution >= 0.6 is 23.1 Å². The zero-order chi connectivity index (χ0) is 19.1. The lowest BCUT2D eigenvalue weighted by atomic mass is 10.1. The summed E-state index contributed by atoms with van der Waals surface area (Å²) in [4.78, 5) is 26.9. The molecule has 0 radical (unpaired) electrons. The van der Waals surface area contributed by atoms with Gasteiger partial charge in [0.05, 0.1) is 5.56 Å². The third kappa shape index (κ3) is 5.21. The number of carbonyl (C=O) groups excluding carboxylic acids is 2. The molecule has 0 bridgehead atoms. The Kier molecular flexibility index (Phi) is 6.68. The number of thioether (sulfide) groups is 1. The van der Waals surface area contributed by atoms with Crippen molar-refractivity contribution in [1.82, 2.24) is 10.9 Å². The van der Waals surface area contributed by atoms with E-state index in [1.54, 1.807) is 41.3 Å². The minimum atomic E-state index is -0.338. The first-order chi connectivity index (χ1) is 13.2. The van der Waals surface area contributed by atoms with E-state index in [2.05, 4.69) is 23.8 Å². The largest absolute Gasteiger partial charge is 0.270 e. The average molecular weight is 397 g/mol. The Hall–Kier alpha value is -2.57. The van der Waals surface area contributed by atoms with E-state index >= 15 is 0 Å². The SMILES string of the molecule is CCc1ccc(C(=O)NNC(=O)c2ccccc2SCc2cccs2)cc1. The molecule has 4 nitrogen and oxygen atoms in total. The predicted molar refractivity (Wildman–Crippen MR) is 111 cm³/mol. The van der Waals surface area contributed by atoms with Gasteiger partial charge in [0.2, 0.25) is 0 Å². The smallest absolute Gasteiger partial charge is 0.267 e. The summed E-state index contributed by atoms with van der Waals surface area (Å²) in [6, 6.07) is 18.8. The molecular formula is C21H20N2O2S2. The summed E-state index contributed by atoms with van der Waals surface area (Å²) in [7, 11) is 0. The highest BCUT2D eigenvalue weighted by molar-refractivity contribution is 7.98. The van der Waals surface area contributed by atoms with Gasteiger partial charge in [-0.25, -0.2) is 0 Å². The molecule has 3 aromatic rings. The maximum Gasteiger partial charge on any atom is 0.270 e. The van der Waals surface area contributed by atoms with E-state index in [1.165, 1.54) is 4.88 Å². The minimum absolute atomic E-state index is 0.331. The van der Waals surface area contributed by atoms with Crippen molar-refractivity contribution in [1.29, 1.82) is 0 Å². The van der Waals surface area contributed by atoms with Crippen LogP contribution in [0.3, 0.4) is 0 Å². The molecule has 1 aromatic heterocycles. The lowest BCUT2D eigenvalue weighted by molar-refractivity contribution is 0.0845. The molecule has 0 fully saturated rings. The molecule has 0 spiro atoms. The molecule has 0 aliphatic rings. The van der Waals surface area contributed by atoms with E-state index in [0.29, 0.717) is 11.1 Å². The maximum absolute atomic E-state index is 12.5. The first-order valence-corrected chi connectivity index (χ1v) is 10.5. The Morgan fingerprint density at radius 3 is 2.37 bits per heavy atom. The van der Waals surface area contributed by atoms with Gasteiger partial charge in [0.1, 0.15) is 0 Å². The van der Waals surface area contributed by atoms with Gasteiger partial charge in [0, 0.05) is 21.1 Å². The number of nitrogens with one attached hydrogen (secondary N) is 2. The van der Waals surface area contributed by atoms with Crippen LogP contribution in [0.15, 0.2) is 70.9 Å². The monoisotopic (exact) mass is 396 g/mol. The Balaban J connectivity index is 1.61. The molecule has 0 unspecified atom stereocenters. The van der Waals surface area contributed by atoms with E-state index in [-0.39, 0.29) is 11.8 Å². The van der Waals surface area contributed by atoms with Gasteiger partial charge >= 0.3 is 0 Å². The summed E-state index contributed by atoms with van der Waals surface area (Å²) in [6.07, 6.45) is 0.915. The second-order valence-corrected chi connectivity index (χ2v) is 7.87. The number of aryl methyl sites for hydroxylation is 1. The molecule has 0 saturated heterocycles. The average Bonchev–Trinajstić information content (AvgIpc) is 3.24. The molecular weight excluding hydrogens is 376 g/mol. The number of rotatable bonds is 6. The minimum Gasteiger partial charge on any atom is -0.267 e. The van der Waals surface area contributed by atoms with Crippen LogP contribution in [-0.2, 0) is 12.2 Å². The molecule has 0 aliphatic carbocycles. The lowest BCUT2D eigenvalue weighted by Gasteiger charge is -2.11. The fourth-order valence-corrected chi connectivity index (χ4v) is 4.29. The first kappa shape index (κ1) is 19.2. The number of hydrogen-bond donors (Lipinski definition) is 2. The highest BCUT2D eigenvalue weighted by Gasteiger charge is 2.13. The normalized spacial score (nSPS) is 10.4. The summed E-state index contributed by atoms with van der Waals surface area (Å²) in [5, 5.41) is 2.04. The fraction of sp³-hybridized carbons (Fsp3) is 0.143. The molecule has 2 aromatic carbocycles. The second-order valence-electron chi connectivity index (χ2n) is 5.82. The Bertz CT molecular complexity index is 906. The summed E-state index contributed by atoms with van der Waals surface area (Å²) < 4.78 is 0. The summed E-state index contributed by atoms with van der Waals surface area (Å²) in [5.74, 6) is 0.135. The van der Waals surface area contributed by atoms with Gasteiger partial charge in [-0.05, 0) is 47.7 Å². The molecule has 138 valence electrons. The summed E-state index contributed by atoms with van der Waals surface area (Å²) in [5.41, 5.74) is 7.21. The zero-order valence-corrected chi connectivity index (χ0v) is 16.5. The van der Waals surface area contributed by atoms with Crippen LogP contribution in [0.4, 0.5) is 0 Å². The molecule has 0 atom stereocenters. The molecule has 0 saturated carbocycles. The van der Waals surface area contributed by atoms with Gasteiger partial charge in [0.15, 0.2) is 0 Å². The molecule has 6 heteroatoms. The van der Waals surface area contributed by atoms with Crippen molar-refractivity contribution in [2.24, 2.45) is 0 Å². The van der Waals surface area contributed by atoms with Gasteiger partial charge in [-0.2, -0.15) is 0 Å². The van der Waals surface area contributed by atoms with E-state index in [4.69, 9.17) is 0 Å². The van der Waals surface area contributed by atoms with Crippen molar-refractivity contribution in [3.63, 3.8) is 0 Å². The van der Waals surface area contributed by atoms with Crippen molar-refractivity contribution in [2.75, 3.05) is 0 Å². The number of carbonyl (C=O) groups is 2. The van der Waals surface area contributed by atoms with Gasteiger partial charge in [0.25, 0.3) is 11.8 Å². The van der Waals surface area contributed by atoms with Crippen molar-refractivity contribution < 1.29 is 9.59 Å². The van der Waals surface area contributed by atoms with Gasteiger partial charge in [-0.1, -0.05) is 37.3 Å². The van der Waals surface area contributed by atoms with Crippen molar-refractivity contribution in [2.45, 2.75) is 24.0 Å². The van der Waals surface area contributed by atoms with Gasteiger partial charge < -0.3 is 0 Å². The maximum atomic E-state index is 12.5. The lowest BCUT2D eigenvalue weighted by Crippen LogP contribution is -2.41. The second kappa shape index (κ2) is 9.39. The standard InChI is InChI=1S/C21H20N2O2S2/c1-2-15-9-11-16(12-10-15)20(24)22-23-21(25)18-7-3-4-8-19(18)27-14-17-6-5-13-26-17/h3-13H,2,14H2,1H3,(H,22,24)(H,23,25). The quantitative estimate of drug-likeness (QED) is 0.470. The molecule has 0 aliphatic heterocycles. The van der Waals surface area contributed by atoms with Crippen LogP contribution in [0.2, 0.25) is 0 Å². The van der Waals surface area contributed by atoms with Crippen molar-refractivity contribution in [3.05, 3.63) is 87.6 Å². The van der Waals surface area contributed by atoms with Gasteiger partial charge in [-0.3, -0.25) is 20.4 Å². The van der Waals surface area contributed by atoms with E-state index in [0.717, 1.165) is 22.6 Å². The Morgan fingerprint density at radius 1 is 0.926 bits per heavy atom. The third-order valence-corrected chi connectivity index (χ3v) is 6.18. The van der Waals surface area contributed by atoms with Crippen molar-refractivity contribution >= 4 is 34.9 Å². The summed E-state index contributed by atoms with van der Waals surface area (Å²) >= 11 is 3.30. The fourth-order valence-electron chi connectivity index (χ4n) is 2.47. The highest BCUT2D eigenvalue weighted by Crippen LogP contribution is 2.27. The summed E-state index contributed by atoms with van der Waals surface area (Å²) in [6.45, 7) is 2.06. The van der Waals surface area contributed by atoms with Crippen molar-refractivity contribution in [3.8, 4) is 0 Å². The van der Waals surface area contributed by atoms with E-state index in [1.807, 2.05) is 41.8 Å². The van der Waals surface area contributed by atoms with Crippen LogP contribution in [0.5, 0.6) is 0 Å². The number of amides is 2. The Labute approximate surface area is 167 Å². The first-order valence-electron chi connectivity index (χ1n) is 8.61. The molecule has 27 heavy (non-hydrogen) atoms. The number of hydrogen-bond acceptors (Lipinski definition) is 4. The zero-order valence-electron chi connectivity index (χ0n) is 14.9. The van der Waals surface area contributed by atoms with Crippen LogP contribution in [0.25, 0.3) is 0 Å². The molecule has 2 N–H and O–H groups in total. The molecule has 1 heterocycles. The van der Waals surface area contributed by atoms with Crippen LogP contribution < -0.4 is 10.9 Å². The highest BCUT2D eigenvalue weighted by atomic mass is 32.2. The van der Waals surface area contributed by atoms with Gasteiger partial charge in [-0.15, -0.1) is 23.1 Å². The molecule has 2 amide bonds. The van der Waals surface area contributed by atoms with E-state index < -0.39 is 0 Å². The predicted octanol–water partition coefficient (Wildman–Crippen LogP) is 4.68. The van der Waals surface area contributed by atoms with Crippen LogP contribution in [0.1, 0.15) is 38.1 Å². The number of hydrazine groups is 1. The number of benzene rings is 2.